The SMILES string of the molecule is Cc1cc(=O)[nH]c(CCc2cccc3cnccc23)n1. The van der Waals surface area contributed by atoms with Gasteiger partial charge in [-0.25, -0.2) is 4.98 Å². The van der Waals surface area contributed by atoms with Gasteiger partial charge < -0.3 is 4.98 Å². The van der Waals surface area contributed by atoms with Gasteiger partial charge in [0.2, 0.25) is 0 Å². The molecule has 4 heteroatoms. The second kappa shape index (κ2) is 5.25. The van der Waals surface area contributed by atoms with Crippen LogP contribution in [0, 0.1) is 6.92 Å². The molecule has 3 rings (SSSR count). The lowest BCUT2D eigenvalue weighted by atomic mass is 10.0. The predicted molar refractivity (Wildman–Crippen MR) is 78.7 cm³/mol. The number of benzene rings is 1. The quantitative estimate of drug-likeness (QED) is 0.791. The van der Waals surface area contributed by atoms with Crippen LogP contribution in [-0.4, -0.2) is 15.0 Å². The van der Waals surface area contributed by atoms with E-state index in [0.29, 0.717) is 0 Å². The zero-order chi connectivity index (χ0) is 13.9. The molecule has 4 nitrogen and oxygen atoms in total. The molecule has 1 aromatic carbocycles. The fourth-order valence-electron chi connectivity index (χ4n) is 2.42. The van der Waals surface area contributed by atoms with E-state index >= 15 is 0 Å². The lowest BCUT2D eigenvalue weighted by Crippen LogP contribution is -2.12. The van der Waals surface area contributed by atoms with Crippen LogP contribution in [0.5, 0.6) is 0 Å². The Kier molecular flexibility index (Phi) is 3.29. The third kappa shape index (κ3) is 2.59. The molecule has 0 amide bonds. The number of hydrogen-bond acceptors (Lipinski definition) is 3. The average Bonchev–Trinajstić information content (AvgIpc) is 2.44. The van der Waals surface area contributed by atoms with Crippen LogP contribution in [-0.2, 0) is 12.8 Å². The van der Waals surface area contributed by atoms with Crippen LogP contribution < -0.4 is 5.56 Å². The highest BCUT2D eigenvalue weighted by Gasteiger charge is 2.03. The minimum Gasteiger partial charge on any atom is -0.311 e. The number of nitrogens with zero attached hydrogens (tertiary/aromatic N) is 2. The van der Waals surface area contributed by atoms with Crippen LogP contribution in [0.25, 0.3) is 10.8 Å². The topological polar surface area (TPSA) is 58.6 Å². The lowest BCUT2D eigenvalue weighted by molar-refractivity contribution is 0.838. The second-order valence-electron chi connectivity index (χ2n) is 4.85. The van der Waals surface area contributed by atoms with Crippen LogP contribution in [0.4, 0.5) is 0 Å². The molecule has 0 aliphatic heterocycles. The summed E-state index contributed by atoms with van der Waals surface area (Å²) in [6, 6.07) is 9.73. The number of nitrogens with one attached hydrogen (secondary N) is 1. The molecule has 2 aromatic heterocycles. The molecule has 3 aromatic rings. The van der Waals surface area contributed by atoms with E-state index in [2.05, 4.69) is 27.1 Å². The Bertz CT molecular complexity index is 803. The first-order valence-electron chi connectivity index (χ1n) is 6.61. The van der Waals surface area contributed by atoms with Crippen molar-refractivity contribution in [3.63, 3.8) is 0 Å². The molecule has 0 atom stereocenters. The van der Waals surface area contributed by atoms with E-state index in [1.807, 2.05) is 25.3 Å². The van der Waals surface area contributed by atoms with Crippen LogP contribution >= 0.6 is 0 Å². The summed E-state index contributed by atoms with van der Waals surface area (Å²) in [5.41, 5.74) is 1.91. The number of pyridine rings is 1. The van der Waals surface area contributed by atoms with Gasteiger partial charge in [0, 0.05) is 36.0 Å². The van der Waals surface area contributed by atoms with Gasteiger partial charge in [-0.1, -0.05) is 18.2 Å². The third-order valence-electron chi connectivity index (χ3n) is 3.32. The number of fused-ring (bicyclic) bond motifs is 1. The van der Waals surface area contributed by atoms with Crippen LogP contribution in [0.2, 0.25) is 0 Å². The van der Waals surface area contributed by atoms with E-state index in [9.17, 15) is 4.79 Å². The fraction of sp³-hybridized carbons (Fsp3) is 0.188. The van der Waals surface area contributed by atoms with Crippen molar-refractivity contribution in [2.45, 2.75) is 19.8 Å². The maximum Gasteiger partial charge on any atom is 0.251 e. The summed E-state index contributed by atoms with van der Waals surface area (Å²) in [6.45, 7) is 1.84. The largest absolute Gasteiger partial charge is 0.311 e. The molecule has 20 heavy (non-hydrogen) atoms. The van der Waals surface area contributed by atoms with Crippen molar-refractivity contribution in [3.8, 4) is 0 Å². The van der Waals surface area contributed by atoms with Crippen molar-refractivity contribution < 1.29 is 0 Å². The normalized spacial score (nSPS) is 10.8. The molecular weight excluding hydrogens is 250 g/mol. The van der Waals surface area contributed by atoms with Crippen LogP contribution in [0.3, 0.4) is 0 Å². The number of aromatic amines is 1. The minimum atomic E-state index is -0.0883. The van der Waals surface area contributed by atoms with Gasteiger partial charge in [0.1, 0.15) is 5.82 Å². The highest BCUT2D eigenvalue weighted by molar-refractivity contribution is 5.84. The Hall–Kier alpha value is -2.49. The van der Waals surface area contributed by atoms with Gasteiger partial charge in [-0.05, 0) is 30.4 Å². The number of hydrogen-bond donors (Lipinski definition) is 1. The molecule has 0 radical (unpaired) electrons. The van der Waals surface area contributed by atoms with Crippen LogP contribution in [0.15, 0.2) is 47.5 Å². The number of H-pyrrole nitrogens is 1. The molecule has 0 fully saturated rings. The Balaban J connectivity index is 1.88. The van der Waals surface area contributed by atoms with Gasteiger partial charge in [-0.2, -0.15) is 0 Å². The number of rotatable bonds is 3. The van der Waals surface area contributed by atoms with E-state index < -0.39 is 0 Å². The van der Waals surface area contributed by atoms with Gasteiger partial charge in [-0.3, -0.25) is 9.78 Å². The van der Waals surface area contributed by atoms with Crippen molar-refractivity contribution in [3.05, 3.63) is 70.2 Å². The smallest absolute Gasteiger partial charge is 0.251 e. The fourth-order valence-corrected chi connectivity index (χ4v) is 2.42. The molecule has 1 N–H and O–H groups in total. The zero-order valence-corrected chi connectivity index (χ0v) is 11.3. The summed E-state index contributed by atoms with van der Waals surface area (Å²) in [5, 5.41) is 2.34. The molecule has 0 bridgehead atoms. The first-order chi connectivity index (χ1) is 9.72. The number of aromatic nitrogens is 3. The molecule has 2 heterocycles. The highest BCUT2D eigenvalue weighted by Crippen LogP contribution is 2.18. The minimum absolute atomic E-state index is 0.0883. The number of aryl methyl sites for hydroxylation is 3. The summed E-state index contributed by atoms with van der Waals surface area (Å²) >= 11 is 0. The van der Waals surface area contributed by atoms with E-state index in [1.165, 1.54) is 17.0 Å². The van der Waals surface area contributed by atoms with E-state index in [1.54, 1.807) is 6.20 Å². The van der Waals surface area contributed by atoms with Gasteiger partial charge in [-0.15, -0.1) is 0 Å². The molecule has 0 aliphatic carbocycles. The van der Waals surface area contributed by atoms with Crippen molar-refractivity contribution in [1.82, 2.24) is 15.0 Å². The summed E-state index contributed by atoms with van der Waals surface area (Å²) in [5.74, 6) is 0.737. The monoisotopic (exact) mass is 265 g/mol. The first kappa shape index (κ1) is 12.5. The first-order valence-corrected chi connectivity index (χ1v) is 6.61. The van der Waals surface area contributed by atoms with Crippen molar-refractivity contribution >= 4 is 10.8 Å². The summed E-state index contributed by atoms with van der Waals surface area (Å²) in [6.07, 6.45) is 5.23. The Labute approximate surface area is 116 Å². The van der Waals surface area contributed by atoms with Gasteiger partial charge >= 0.3 is 0 Å². The third-order valence-corrected chi connectivity index (χ3v) is 3.32. The molecule has 0 unspecified atom stereocenters. The van der Waals surface area contributed by atoms with Crippen molar-refractivity contribution in [2.24, 2.45) is 0 Å². The van der Waals surface area contributed by atoms with E-state index in [0.717, 1.165) is 29.7 Å². The molecule has 0 spiro atoms. The molecule has 0 aliphatic rings. The summed E-state index contributed by atoms with van der Waals surface area (Å²) < 4.78 is 0. The zero-order valence-electron chi connectivity index (χ0n) is 11.3. The Morgan fingerprint density at radius 3 is 2.95 bits per heavy atom. The molecular formula is C16H15N3O. The predicted octanol–water partition coefficient (Wildman–Crippen LogP) is 2.41. The van der Waals surface area contributed by atoms with Crippen molar-refractivity contribution in [2.75, 3.05) is 0 Å². The lowest BCUT2D eigenvalue weighted by Gasteiger charge is -2.06. The van der Waals surface area contributed by atoms with Gasteiger partial charge in [0.15, 0.2) is 0 Å². The molecule has 0 saturated carbocycles. The molecule has 0 saturated heterocycles. The van der Waals surface area contributed by atoms with Crippen LogP contribution in [0.1, 0.15) is 17.1 Å². The molecule has 100 valence electrons. The maximum atomic E-state index is 11.4. The van der Waals surface area contributed by atoms with Gasteiger partial charge in [0.05, 0.1) is 0 Å². The van der Waals surface area contributed by atoms with E-state index in [-0.39, 0.29) is 5.56 Å². The van der Waals surface area contributed by atoms with Crippen molar-refractivity contribution in [1.29, 1.82) is 0 Å². The van der Waals surface area contributed by atoms with Gasteiger partial charge in [0.25, 0.3) is 5.56 Å². The summed E-state index contributed by atoms with van der Waals surface area (Å²) in [7, 11) is 0. The second-order valence-corrected chi connectivity index (χ2v) is 4.85. The van der Waals surface area contributed by atoms with E-state index in [4.69, 9.17) is 0 Å². The highest BCUT2D eigenvalue weighted by atomic mass is 16.1. The Morgan fingerprint density at radius 1 is 1.20 bits per heavy atom. The average molecular weight is 265 g/mol. The standard InChI is InChI=1S/C16H15N3O/c1-11-9-16(20)19-15(18-11)6-5-12-3-2-4-13-10-17-8-7-14(12)13/h2-4,7-10H,5-6H2,1H3,(H,18,19,20). The maximum absolute atomic E-state index is 11.4. The Morgan fingerprint density at radius 2 is 2.10 bits per heavy atom. The summed E-state index contributed by atoms with van der Waals surface area (Å²) in [4.78, 5) is 22.7.